The molecule has 0 radical (unpaired) electrons. The minimum absolute atomic E-state index is 0.0416. The summed E-state index contributed by atoms with van der Waals surface area (Å²) >= 11 is 0. The predicted molar refractivity (Wildman–Crippen MR) is 43.9 cm³/mol. The topological polar surface area (TPSA) is 79.2 Å². The molecule has 1 fully saturated rings. The zero-order valence-corrected chi connectivity index (χ0v) is 7.17. The van der Waals surface area contributed by atoms with E-state index in [-0.39, 0.29) is 13.2 Å². The molecule has 4 atom stereocenters. The van der Waals surface area contributed by atoms with E-state index < -0.39 is 24.6 Å². The molecule has 0 aromatic rings. The average molecular weight is 190 g/mol. The molecule has 0 aromatic heterocycles. The fourth-order valence-electron chi connectivity index (χ4n) is 1.09. The highest BCUT2D eigenvalue weighted by Gasteiger charge is 2.37. The third-order valence-corrected chi connectivity index (χ3v) is 1.83. The fraction of sp³-hybridized carbons (Fsp3) is 0.750. The second-order valence-corrected chi connectivity index (χ2v) is 2.87. The number of aliphatic hydroxyl groups is 3. The second-order valence-electron chi connectivity index (χ2n) is 2.87. The third-order valence-electron chi connectivity index (χ3n) is 1.83. The standard InChI is InChI=1S/C8H14O5/c1-2-3-12-8-7(11)6(10)5(9)4-13-8/h2,5-11H,1,3-4H2/t5-,6+,7?,8?/m1/s1. The Hall–Kier alpha value is -0.460. The van der Waals surface area contributed by atoms with Crippen LogP contribution in [-0.2, 0) is 9.47 Å². The van der Waals surface area contributed by atoms with Gasteiger partial charge in [0.25, 0.3) is 0 Å². The van der Waals surface area contributed by atoms with Gasteiger partial charge in [-0.1, -0.05) is 6.08 Å². The molecule has 5 nitrogen and oxygen atoms in total. The molecule has 76 valence electrons. The van der Waals surface area contributed by atoms with Crippen LogP contribution in [0.15, 0.2) is 12.7 Å². The smallest absolute Gasteiger partial charge is 0.186 e. The lowest BCUT2D eigenvalue weighted by atomic mass is 10.1. The Labute approximate surface area is 76.2 Å². The molecule has 2 unspecified atom stereocenters. The number of hydrogen-bond acceptors (Lipinski definition) is 5. The highest BCUT2D eigenvalue weighted by Crippen LogP contribution is 2.16. The van der Waals surface area contributed by atoms with E-state index in [0.717, 1.165) is 0 Å². The molecule has 0 amide bonds. The first-order valence-electron chi connectivity index (χ1n) is 4.05. The minimum atomic E-state index is -1.22. The molecule has 0 bridgehead atoms. The van der Waals surface area contributed by atoms with E-state index >= 15 is 0 Å². The number of rotatable bonds is 3. The number of hydrogen-bond donors (Lipinski definition) is 3. The SMILES string of the molecule is C=CCOC1OC[C@@H](O)[C@H](O)C1O. The van der Waals surface area contributed by atoms with Crippen LogP contribution in [0.2, 0.25) is 0 Å². The fourth-order valence-corrected chi connectivity index (χ4v) is 1.09. The summed E-state index contributed by atoms with van der Waals surface area (Å²) in [6.45, 7) is 3.62. The van der Waals surface area contributed by atoms with E-state index in [4.69, 9.17) is 14.6 Å². The van der Waals surface area contributed by atoms with Crippen molar-refractivity contribution in [1.82, 2.24) is 0 Å². The van der Waals surface area contributed by atoms with Gasteiger partial charge in [0.05, 0.1) is 13.2 Å². The first-order valence-corrected chi connectivity index (χ1v) is 4.05. The Kier molecular flexibility index (Phi) is 3.83. The van der Waals surface area contributed by atoms with Crippen molar-refractivity contribution in [3.8, 4) is 0 Å². The molecule has 1 aliphatic heterocycles. The molecule has 1 saturated heterocycles. The molecule has 0 spiro atoms. The Bertz CT molecular complexity index is 172. The monoisotopic (exact) mass is 190 g/mol. The van der Waals surface area contributed by atoms with Crippen LogP contribution in [0.4, 0.5) is 0 Å². The molecule has 1 rings (SSSR count). The maximum absolute atomic E-state index is 9.34. The summed E-state index contributed by atoms with van der Waals surface area (Å²) in [5.41, 5.74) is 0. The molecule has 0 aromatic carbocycles. The number of ether oxygens (including phenoxy) is 2. The molecule has 3 N–H and O–H groups in total. The molecular formula is C8H14O5. The summed E-state index contributed by atoms with van der Waals surface area (Å²) in [6, 6.07) is 0. The van der Waals surface area contributed by atoms with Crippen molar-refractivity contribution < 1.29 is 24.8 Å². The van der Waals surface area contributed by atoms with Crippen LogP contribution >= 0.6 is 0 Å². The lowest BCUT2D eigenvalue weighted by molar-refractivity contribution is -0.266. The van der Waals surface area contributed by atoms with Gasteiger partial charge in [-0.3, -0.25) is 0 Å². The van der Waals surface area contributed by atoms with Gasteiger partial charge in [-0.2, -0.15) is 0 Å². The number of aliphatic hydroxyl groups excluding tert-OH is 3. The zero-order chi connectivity index (χ0) is 9.84. The quantitative estimate of drug-likeness (QED) is 0.478. The highest BCUT2D eigenvalue weighted by molar-refractivity contribution is 4.83. The molecule has 1 aliphatic rings. The van der Waals surface area contributed by atoms with E-state index in [0.29, 0.717) is 0 Å². The van der Waals surface area contributed by atoms with Gasteiger partial charge in [-0.15, -0.1) is 6.58 Å². The Morgan fingerprint density at radius 2 is 2.08 bits per heavy atom. The van der Waals surface area contributed by atoms with Crippen LogP contribution in [0.1, 0.15) is 0 Å². The van der Waals surface area contributed by atoms with Crippen LogP contribution in [-0.4, -0.2) is 53.1 Å². The zero-order valence-electron chi connectivity index (χ0n) is 7.17. The molecular weight excluding hydrogens is 176 g/mol. The predicted octanol–water partition coefficient (Wildman–Crippen LogP) is -1.37. The van der Waals surface area contributed by atoms with Crippen LogP contribution in [0.3, 0.4) is 0 Å². The lowest BCUT2D eigenvalue weighted by Crippen LogP contribution is -2.53. The van der Waals surface area contributed by atoms with Crippen molar-refractivity contribution in [3.63, 3.8) is 0 Å². The van der Waals surface area contributed by atoms with E-state index in [1.807, 2.05) is 0 Å². The van der Waals surface area contributed by atoms with Crippen molar-refractivity contribution in [2.45, 2.75) is 24.6 Å². The first kappa shape index (κ1) is 10.6. The summed E-state index contributed by atoms with van der Waals surface area (Å²) in [6.07, 6.45) is -2.88. The Morgan fingerprint density at radius 3 is 2.69 bits per heavy atom. The Morgan fingerprint density at radius 1 is 1.38 bits per heavy atom. The van der Waals surface area contributed by atoms with Crippen LogP contribution < -0.4 is 0 Å². The maximum Gasteiger partial charge on any atom is 0.186 e. The lowest BCUT2D eigenvalue weighted by Gasteiger charge is -2.34. The maximum atomic E-state index is 9.34. The van der Waals surface area contributed by atoms with Gasteiger partial charge in [0.15, 0.2) is 6.29 Å². The molecule has 13 heavy (non-hydrogen) atoms. The van der Waals surface area contributed by atoms with Crippen LogP contribution in [0.5, 0.6) is 0 Å². The third kappa shape index (κ3) is 2.49. The van der Waals surface area contributed by atoms with E-state index in [2.05, 4.69) is 6.58 Å². The highest BCUT2D eigenvalue weighted by atomic mass is 16.7. The molecule has 0 aliphatic carbocycles. The normalized spacial score (nSPS) is 40.2. The van der Waals surface area contributed by atoms with Gasteiger partial charge in [0.2, 0.25) is 0 Å². The van der Waals surface area contributed by atoms with Crippen molar-refractivity contribution in [2.75, 3.05) is 13.2 Å². The van der Waals surface area contributed by atoms with Gasteiger partial charge in [-0.25, -0.2) is 0 Å². The van der Waals surface area contributed by atoms with Crippen molar-refractivity contribution in [3.05, 3.63) is 12.7 Å². The van der Waals surface area contributed by atoms with Gasteiger partial charge < -0.3 is 24.8 Å². The summed E-state index contributed by atoms with van der Waals surface area (Å²) in [7, 11) is 0. The van der Waals surface area contributed by atoms with Crippen molar-refractivity contribution >= 4 is 0 Å². The molecule has 1 heterocycles. The molecule has 5 heteroatoms. The second kappa shape index (κ2) is 4.69. The molecule has 0 saturated carbocycles. The van der Waals surface area contributed by atoms with E-state index in [9.17, 15) is 10.2 Å². The van der Waals surface area contributed by atoms with Crippen molar-refractivity contribution in [1.29, 1.82) is 0 Å². The van der Waals surface area contributed by atoms with Crippen LogP contribution in [0, 0.1) is 0 Å². The summed E-state index contributed by atoms with van der Waals surface area (Å²) in [5, 5.41) is 27.7. The van der Waals surface area contributed by atoms with Gasteiger partial charge >= 0.3 is 0 Å². The Balaban J connectivity index is 2.43. The first-order chi connectivity index (χ1) is 6.16. The van der Waals surface area contributed by atoms with E-state index in [1.54, 1.807) is 0 Å². The van der Waals surface area contributed by atoms with Crippen molar-refractivity contribution in [2.24, 2.45) is 0 Å². The van der Waals surface area contributed by atoms with Crippen LogP contribution in [0.25, 0.3) is 0 Å². The van der Waals surface area contributed by atoms with E-state index in [1.165, 1.54) is 6.08 Å². The summed E-state index contributed by atoms with van der Waals surface area (Å²) in [4.78, 5) is 0. The van der Waals surface area contributed by atoms with Gasteiger partial charge in [0.1, 0.15) is 18.3 Å². The summed E-state index contributed by atoms with van der Waals surface area (Å²) < 4.78 is 9.95. The van der Waals surface area contributed by atoms with Gasteiger partial charge in [-0.05, 0) is 0 Å². The average Bonchev–Trinajstić information content (AvgIpc) is 2.13. The largest absolute Gasteiger partial charge is 0.388 e. The summed E-state index contributed by atoms with van der Waals surface area (Å²) in [5.74, 6) is 0. The van der Waals surface area contributed by atoms with Gasteiger partial charge in [0, 0.05) is 0 Å². The minimum Gasteiger partial charge on any atom is -0.388 e.